The number of likely N-dealkylation sites (N-methyl/N-ethyl adjacent to an activating group) is 1. The van der Waals surface area contributed by atoms with Crippen molar-refractivity contribution in [3.05, 3.63) is 72.0 Å². The highest BCUT2D eigenvalue weighted by atomic mass is 16.3. The van der Waals surface area contributed by atoms with Gasteiger partial charge in [-0.15, -0.1) is 0 Å². The van der Waals surface area contributed by atoms with Gasteiger partial charge in [0.05, 0.1) is 24.8 Å². The third-order valence-electron chi connectivity index (χ3n) is 5.65. The standard InChI is InChI=1S/C23H26N2O3/c1-24(23(27)14-18-8-5-9-22-20(18)11-13-28-22)21(17-6-3-2-4-7-17)16-25-12-10-19(26)15-25/h2-9,11,13,19,21,26H,10,12,14-16H2,1H3. The molecule has 0 aliphatic carbocycles. The van der Waals surface area contributed by atoms with Gasteiger partial charge in [0, 0.05) is 32.1 Å². The maximum absolute atomic E-state index is 13.2. The summed E-state index contributed by atoms with van der Waals surface area (Å²) in [6.45, 7) is 2.25. The van der Waals surface area contributed by atoms with Crippen molar-refractivity contribution in [2.24, 2.45) is 0 Å². The summed E-state index contributed by atoms with van der Waals surface area (Å²) < 4.78 is 5.46. The Morgan fingerprint density at radius 2 is 2.04 bits per heavy atom. The predicted molar refractivity (Wildman–Crippen MR) is 109 cm³/mol. The number of amides is 1. The van der Waals surface area contributed by atoms with Crippen LogP contribution in [0.3, 0.4) is 0 Å². The topological polar surface area (TPSA) is 56.9 Å². The number of furan rings is 1. The van der Waals surface area contributed by atoms with Gasteiger partial charge < -0.3 is 14.4 Å². The molecule has 1 aliphatic rings. The molecule has 0 bridgehead atoms. The summed E-state index contributed by atoms with van der Waals surface area (Å²) in [5, 5.41) is 10.9. The predicted octanol–water partition coefficient (Wildman–Crippen LogP) is 3.24. The van der Waals surface area contributed by atoms with Crippen LogP contribution in [-0.2, 0) is 11.2 Å². The molecule has 2 atom stereocenters. The molecule has 5 nitrogen and oxygen atoms in total. The molecule has 1 fully saturated rings. The van der Waals surface area contributed by atoms with E-state index >= 15 is 0 Å². The van der Waals surface area contributed by atoms with Gasteiger partial charge in [0.15, 0.2) is 0 Å². The van der Waals surface area contributed by atoms with Gasteiger partial charge in [-0.1, -0.05) is 42.5 Å². The lowest BCUT2D eigenvalue weighted by Crippen LogP contribution is -2.39. The van der Waals surface area contributed by atoms with Crippen LogP contribution in [0.15, 0.2) is 65.3 Å². The minimum Gasteiger partial charge on any atom is -0.464 e. The molecular weight excluding hydrogens is 352 g/mol. The summed E-state index contributed by atoms with van der Waals surface area (Å²) in [5.74, 6) is 0.0716. The van der Waals surface area contributed by atoms with E-state index in [1.54, 1.807) is 6.26 Å². The highest BCUT2D eigenvalue weighted by Crippen LogP contribution is 2.25. The normalized spacial score (nSPS) is 18.4. The van der Waals surface area contributed by atoms with E-state index < -0.39 is 0 Å². The van der Waals surface area contributed by atoms with E-state index in [9.17, 15) is 9.90 Å². The summed E-state index contributed by atoms with van der Waals surface area (Å²) in [5.41, 5.74) is 2.89. The molecule has 0 radical (unpaired) electrons. The first kappa shape index (κ1) is 18.7. The molecule has 28 heavy (non-hydrogen) atoms. The molecule has 5 heteroatoms. The number of likely N-dealkylation sites (tertiary alicyclic amines) is 1. The first-order valence-electron chi connectivity index (χ1n) is 9.78. The smallest absolute Gasteiger partial charge is 0.227 e. The number of aliphatic hydroxyl groups excluding tert-OH is 1. The Morgan fingerprint density at radius 3 is 2.79 bits per heavy atom. The lowest BCUT2D eigenvalue weighted by atomic mass is 10.0. The number of nitrogens with zero attached hydrogens (tertiary/aromatic N) is 2. The van der Waals surface area contributed by atoms with Gasteiger partial charge in [0.1, 0.15) is 5.58 Å². The van der Waals surface area contributed by atoms with Crippen LogP contribution < -0.4 is 0 Å². The van der Waals surface area contributed by atoms with Crippen molar-refractivity contribution in [1.29, 1.82) is 0 Å². The van der Waals surface area contributed by atoms with E-state index in [4.69, 9.17) is 4.42 Å². The van der Waals surface area contributed by atoms with Gasteiger partial charge in [-0.2, -0.15) is 0 Å². The van der Waals surface area contributed by atoms with Crippen molar-refractivity contribution < 1.29 is 14.3 Å². The van der Waals surface area contributed by atoms with Gasteiger partial charge >= 0.3 is 0 Å². The first-order chi connectivity index (χ1) is 13.6. The van der Waals surface area contributed by atoms with Crippen molar-refractivity contribution in [1.82, 2.24) is 9.80 Å². The molecule has 1 aliphatic heterocycles. The molecule has 0 saturated carbocycles. The Morgan fingerprint density at radius 1 is 1.21 bits per heavy atom. The van der Waals surface area contributed by atoms with Crippen LogP contribution >= 0.6 is 0 Å². The summed E-state index contributed by atoms with van der Waals surface area (Å²) in [6.07, 6.45) is 2.52. The molecule has 1 saturated heterocycles. The zero-order valence-electron chi connectivity index (χ0n) is 16.1. The molecule has 2 aromatic carbocycles. The van der Waals surface area contributed by atoms with E-state index in [1.165, 1.54) is 0 Å². The van der Waals surface area contributed by atoms with E-state index in [0.29, 0.717) is 13.0 Å². The Bertz CT molecular complexity index is 937. The molecule has 146 valence electrons. The van der Waals surface area contributed by atoms with E-state index in [0.717, 1.165) is 41.6 Å². The molecular formula is C23H26N2O3. The first-order valence-corrected chi connectivity index (χ1v) is 9.78. The van der Waals surface area contributed by atoms with Crippen LogP contribution in [0.1, 0.15) is 23.6 Å². The Kier molecular flexibility index (Phi) is 5.46. The maximum Gasteiger partial charge on any atom is 0.227 e. The number of β-amino-alcohol motifs (C(OH)–C–C–N with tert-alkyl or cyclic N) is 1. The summed E-state index contributed by atoms with van der Waals surface area (Å²) >= 11 is 0. The molecule has 2 unspecified atom stereocenters. The van der Waals surface area contributed by atoms with Crippen molar-refractivity contribution in [3.63, 3.8) is 0 Å². The van der Waals surface area contributed by atoms with Crippen LogP contribution in [0.4, 0.5) is 0 Å². The fraction of sp³-hybridized carbons (Fsp3) is 0.348. The van der Waals surface area contributed by atoms with Crippen molar-refractivity contribution in [2.75, 3.05) is 26.7 Å². The van der Waals surface area contributed by atoms with Crippen molar-refractivity contribution in [3.8, 4) is 0 Å². The zero-order valence-corrected chi connectivity index (χ0v) is 16.1. The van der Waals surface area contributed by atoms with E-state index in [-0.39, 0.29) is 18.1 Å². The molecule has 1 N–H and O–H groups in total. The fourth-order valence-electron chi connectivity index (χ4n) is 4.02. The minimum absolute atomic E-state index is 0.0532. The van der Waals surface area contributed by atoms with Crippen molar-refractivity contribution >= 4 is 16.9 Å². The number of carbonyl (C=O) groups is 1. The lowest BCUT2D eigenvalue weighted by molar-refractivity contribution is -0.131. The highest BCUT2D eigenvalue weighted by Gasteiger charge is 2.28. The van der Waals surface area contributed by atoms with Gasteiger partial charge in [0.25, 0.3) is 0 Å². The van der Waals surface area contributed by atoms with Gasteiger partial charge in [-0.25, -0.2) is 0 Å². The van der Waals surface area contributed by atoms with Gasteiger partial charge in [0.2, 0.25) is 5.91 Å². The monoisotopic (exact) mass is 378 g/mol. The summed E-state index contributed by atoms with van der Waals surface area (Å²) in [4.78, 5) is 17.2. The summed E-state index contributed by atoms with van der Waals surface area (Å²) in [6, 6.07) is 17.8. The number of aliphatic hydroxyl groups is 1. The largest absolute Gasteiger partial charge is 0.464 e. The third kappa shape index (κ3) is 3.96. The summed E-state index contributed by atoms with van der Waals surface area (Å²) in [7, 11) is 1.88. The Labute approximate surface area is 165 Å². The average molecular weight is 378 g/mol. The highest BCUT2D eigenvalue weighted by molar-refractivity contribution is 5.87. The number of fused-ring (bicyclic) bond motifs is 1. The molecule has 1 aromatic heterocycles. The number of carbonyl (C=O) groups excluding carboxylic acids is 1. The van der Waals surface area contributed by atoms with E-state index in [1.807, 2.05) is 54.4 Å². The number of hydrogen-bond acceptors (Lipinski definition) is 4. The van der Waals surface area contributed by atoms with Crippen LogP contribution in [0.2, 0.25) is 0 Å². The minimum atomic E-state index is -0.267. The fourth-order valence-corrected chi connectivity index (χ4v) is 4.02. The Hall–Kier alpha value is -2.63. The zero-order chi connectivity index (χ0) is 19.5. The van der Waals surface area contributed by atoms with Gasteiger partial charge in [-0.3, -0.25) is 9.69 Å². The van der Waals surface area contributed by atoms with Crippen LogP contribution in [0.25, 0.3) is 11.0 Å². The molecule has 0 spiro atoms. The van der Waals surface area contributed by atoms with Crippen LogP contribution in [-0.4, -0.2) is 53.6 Å². The van der Waals surface area contributed by atoms with Crippen LogP contribution in [0, 0.1) is 0 Å². The molecule has 1 amide bonds. The SMILES string of the molecule is CN(C(=O)Cc1cccc2occc12)C(CN1CCC(O)C1)c1ccccc1. The lowest BCUT2D eigenvalue weighted by Gasteiger charge is -2.32. The second kappa shape index (κ2) is 8.17. The van der Waals surface area contributed by atoms with E-state index in [2.05, 4.69) is 17.0 Å². The molecule has 3 aromatic rings. The third-order valence-corrected chi connectivity index (χ3v) is 5.65. The Balaban J connectivity index is 1.54. The van der Waals surface area contributed by atoms with Gasteiger partial charge in [-0.05, 0) is 29.7 Å². The number of rotatable bonds is 6. The molecule has 4 rings (SSSR count). The number of benzene rings is 2. The quantitative estimate of drug-likeness (QED) is 0.715. The maximum atomic E-state index is 13.2. The van der Waals surface area contributed by atoms with Crippen LogP contribution in [0.5, 0.6) is 0 Å². The average Bonchev–Trinajstić information content (AvgIpc) is 3.35. The second-order valence-corrected chi connectivity index (χ2v) is 7.56. The number of hydrogen-bond donors (Lipinski definition) is 1. The van der Waals surface area contributed by atoms with Crippen molar-refractivity contribution in [2.45, 2.75) is 25.0 Å². The second-order valence-electron chi connectivity index (χ2n) is 7.56. The molecule has 2 heterocycles.